The number of aromatic hydroxyl groups is 1. The zero-order chi connectivity index (χ0) is 13.1. The van der Waals surface area contributed by atoms with Crippen LogP contribution in [0.5, 0.6) is 5.75 Å². The van der Waals surface area contributed by atoms with E-state index in [-0.39, 0.29) is 5.75 Å². The van der Waals surface area contributed by atoms with Crippen molar-refractivity contribution in [3.8, 4) is 5.75 Å². The molecule has 0 saturated heterocycles. The second-order valence-corrected chi connectivity index (χ2v) is 9.94. The van der Waals surface area contributed by atoms with Crippen molar-refractivity contribution in [1.82, 2.24) is 5.09 Å². The standard InChI is InChI=1S/C11H16NO3PS/c1-16(2,17)12-10(11(14)15)7-8-3-5-9(13)6-4-8/h3-6,10,13H,7H2,1-2H3,(H,12,17)(H,14,15). The third-order valence-electron chi connectivity index (χ3n) is 2.14. The molecule has 1 rings (SSSR count). The van der Waals surface area contributed by atoms with E-state index in [1.54, 1.807) is 24.3 Å². The summed E-state index contributed by atoms with van der Waals surface area (Å²) in [4.78, 5) is 11.1. The first kappa shape index (κ1) is 14.2. The minimum Gasteiger partial charge on any atom is -0.508 e. The molecular weight excluding hydrogens is 257 g/mol. The number of hydrogen-bond acceptors (Lipinski definition) is 3. The van der Waals surface area contributed by atoms with Gasteiger partial charge in [-0.25, -0.2) is 0 Å². The fourth-order valence-electron chi connectivity index (χ4n) is 1.43. The van der Waals surface area contributed by atoms with Crippen molar-refractivity contribution in [3.05, 3.63) is 29.8 Å². The number of rotatable bonds is 5. The number of hydrogen-bond donors (Lipinski definition) is 3. The number of phenols is 1. The van der Waals surface area contributed by atoms with Crippen LogP contribution in [0.1, 0.15) is 5.56 Å². The molecule has 94 valence electrons. The van der Waals surface area contributed by atoms with Gasteiger partial charge in [-0.3, -0.25) is 9.88 Å². The van der Waals surface area contributed by atoms with Crippen LogP contribution in [0, 0.1) is 0 Å². The maximum absolute atomic E-state index is 11.1. The summed E-state index contributed by atoms with van der Waals surface area (Å²) in [6, 6.07) is 5.83. The summed E-state index contributed by atoms with van der Waals surface area (Å²) < 4.78 is 0. The second-order valence-electron chi connectivity index (χ2n) is 4.24. The van der Waals surface area contributed by atoms with E-state index in [0.29, 0.717) is 6.42 Å². The molecule has 0 aliphatic carbocycles. The molecule has 17 heavy (non-hydrogen) atoms. The number of carbonyl (C=O) groups is 1. The quantitative estimate of drug-likeness (QED) is 0.711. The average Bonchev–Trinajstić information content (AvgIpc) is 2.18. The highest BCUT2D eigenvalue weighted by Crippen LogP contribution is 2.31. The number of aliphatic carboxylic acids is 1. The normalized spacial score (nSPS) is 13.3. The number of nitrogens with one attached hydrogen (secondary N) is 1. The van der Waals surface area contributed by atoms with Gasteiger partial charge in [0.25, 0.3) is 0 Å². The van der Waals surface area contributed by atoms with Crippen LogP contribution in [-0.2, 0) is 23.0 Å². The van der Waals surface area contributed by atoms with Gasteiger partial charge >= 0.3 is 5.97 Å². The highest BCUT2D eigenvalue weighted by Gasteiger charge is 2.20. The molecule has 3 N–H and O–H groups in total. The van der Waals surface area contributed by atoms with Gasteiger partial charge in [0.05, 0.1) is 0 Å². The molecule has 0 bridgehead atoms. The van der Waals surface area contributed by atoms with Gasteiger partial charge in [0, 0.05) is 6.19 Å². The summed E-state index contributed by atoms with van der Waals surface area (Å²) in [6.07, 6.45) is -1.41. The van der Waals surface area contributed by atoms with Gasteiger partial charge in [0.1, 0.15) is 11.8 Å². The lowest BCUT2D eigenvalue weighted by atomic mass is 10.1. The SMILES string of the molecule is CP(C)(=S)NC(Cc1ccc(O)cc1)C(=O)O. The lowest BCUT2D eigenvalue weighted by Gasteiger charge is -2.20. The molecule has 0 aromatic heterocycles. The van der Waals surface area contributed by atoms with Crippen molar-refractivity contribution in [2.45, 2.75) is 12.5 Å². The summed E-state index contributed by atoms with van der Waals surface area (Å²) in [7, 11) is 0. The molecule has 0 fully saturated rings. The van der Waals surface area contributed by atoms with Crippen molar-refractivity contribution < 1.29 is 15.0 Å². The van der Waals surface area contributed by atoms with Crippen LogP contribution in [0.15, 0.2) is 24.3 Å². The van der Waals surface area contributed by atoms with Crippen molar-refractivity contribution >= 4 is 24.0 Å². The van der Waals surface area contributed by atoms with E-state index in [4.69, 9.17) is 22.0 Å². The van der Waals surface area contributed by atoms with Crippen LogP contribution >= 0.6 is 6.19 Å². The third kappa shape index (κ3) is 5.31. The van der Waals surface area contributed by atoms with E-state index in [9.17, 15) is 4.79 Å². The van der Waals surface area contributed by atoms with Gasteiger partial charge in [-0.1, -0.05) is 23.9 Å². The minimum absolute atomic E-state index is 0.171. The average molecular weight is 273 g/mol. The Morgan fingerprint density at radius 1 is 1.41 bits per heavy atom. The molecule has 0 spiro atoms. The Bertz CT molecular complexity index is 441. The molecular formula is C11H16NO3PS. The first-order chi connectivity index (χ1) is 7.78. The molecule has 0 saturated carbocycles. The monoisotopic (exact) mass is 273 g/mol. The largest absolute Gasteiger partial charge is 0.508 e. The molecule has 0 radical (unpaired) electrons. The Balaban J connectivity index is 2.77. The number of benzene rings is 1. The van der Waals surface area contributed by atoms with Crippen LogP contribution in [0.3, 0.4) is 0 Å². The molecule has 1 atom stereocenters. The summed E-state index contributed by atoms with van der Waals surface area (Å²) >= 11 is 5.21. The van der Waals surface area contributed by atoms with E-state index >= 15 is 0 Å². The van der Waals surface area contributed by atoms with E-state index in [2.05, 4.69) is 5.09 Å². The fraction of sp³-hybridized carbons (Fsp3) is 0.364. The van der Waals surface area contributed by atoms with Crippen molar-refractivity contribution in [1.29, 1.82) is 0 Å². The van der Waals surface area contributed by atoms with E-state index in [1.807, 2.05) is 13.3 Å². The highest BCUT2D eigenvalue weighted by molar-refractivity contribution is 8.13. The molecule has 0 heterocycles. The van der Waals surface area contributed by atoms with Crippen LogP contribution in [0.25, 0.3) is 0 Å². The molecule has 0 aliphatic rings. The summed E-state index contributed by atoms with van der Waals surface area (Å²) in [5.74, 6) is -0.735. The lowest BCUT2D eigenvalue weighted by molar-refractivity contribution is -0.138. The first-order valence-electron chi connectivity index (χ1n) is 5.11. The smallest absolute Gasteiger partial charge is 0.321 e. The summed E-state index contributed by atoms with van der Waals surface area (Å²) in [5, 5.41) is 21.2. The Labute approximate surface area is 106 Å². The van der Waals surface area contributed by atoms with Gasteiger partial charge in [-0.2, -0.15) is 0 Å². The predicted molar refractivity (Wildman–Crippen MR) is 72.5 cm³/mol. The second kappa shape index (κ2) is 5.63. The van der Waals surface area contributed by atoms with Crippen molar-refractivity contribution in [2.75, 3.05) is 13.3 Å². The number of carboxylic acid groups (broad SMARTS) is 1. The lowest BCUT2D eigenvalue weighted by Crippen LogP contribution is -2.36. The number of phenolic OH excluding ortho intramolecular Hbond substituents is 1. The van der Waals surface area contributed by atoms with Crippen LogP contribution in [0.2, 0.25) is 0 Å². The first-order valence-corrected chi connectivity index (χ1v) is 8.81. The zero-order valence-corrected chi connectivity index (χ0v) is 11.5. The van der Waals surface area contributed by atoms with Crippen LogP contribution in [0.4, 0.5) is 0 Å². The Morgan fingerprint density at radius 2 is 1.94 bits per heavy atom. The van der Waals surface area contributed by atoms with Gasteiger partial charge < -0.3 is 10.2 Å². The van der Waals surface area contributed by atoms with E-state index in [0.717, 1.165) is 5.56 Å². The van der Waals surface area contributed by atoms with Gasteiger partial charge in [0.2, 0.25) is 0 Å². The van der Waals surface area contributed by atoms with E-state index in [1.165, 1.54) is 0 Å². The van der Waals surface area contributed by atoms with Gasteiger partial charge in [-0.05, 0) is 37.4 Å². The molecule has 0 aliphatic heterocycles. The van der Waals surface area contributed by atoms with Gasteiger partial charge in [-0.15, -0.1) is 0 Å². The van der Waals surface area contributed by atoms with Crippen LogP contribution in [-0.4, -0.2) is 35.6 Å². The minimum atomic E-state index is -1.77. The number of carboxylic acids is 1. The summed E-state index contributed by atoms with van der Waals surface area (Å²) in [6.45, 7) is 3.71. The Kier molecular flexibility index (Phi) is 4.69. The Morgan fingerprint density at radius 3 is 2.35 bits per heavy atom. The topological polar surface area (TPSA) is 69.6 Å². The highest BCUT2D eigenvalue weighted by atomic mass is 32.4. The molecule has 1 aromatic carbocycles. The third-order valence-corrected chi connectivity index (χ3v) is 3.39. The maximum Gasteiger partial charge on any atom is 0.321 e. The van der Waals surface area contributed by atoms with Crippen LogP contribution < -0.4 is 5.09 Å². The summed E-state index contributed by atoms with van der Waals surface area (Å²) in [5.41, 5.74) is 0.853. The maximum atomic E-state index is 11.1. The van der Waals surface area contributed by atoms with Gasteiger partial charge in [0.15, 0.2) is 0 Å². The molecule has 6 heteroatoms. The van der Waals surface area contributed by atoms with E-state index < -0.39 is 18.2 Å². The molecule has 0 amide bonds. The van der Waals surface area contributed by atoms with Crippen molar-refractivity contribution in [2.24, 2.45) is 0 Å². The molecule has 1 unspecified atom stereocenters. The zero-order valence-electron chi connectivity index (χ0n) is 9.75. The Hall–Kier alpha value is -0.900. The molecule has 1 aromatic rings. The predicted octanol–water partition coefficient (Wildman–Crippen LogP) is 1.63. The molecule has 4 nitrogen and oxygen atoms in total. The fourth-order valence-corrected chi connectivity index (χ4v) is 2.77. The van der Waals surface area contributed by atoms with Crippen molar-refractivity contribution in [3.63, 3.8) is 0 Å².